The van der Waals surface area contributed by atoms with E-state index in [0.29, 0.717) is 29.6 Å². The van der Waals surface area contributed by atoms with Crippen molar-refractivity contribution < 1.29 is 36.6 Å². The lowest BCUT2D eigenvalue weighted by atomic mass is 10.3. The van der Waals surface area contributed by atoms with Gasteiger partial charge < -0.3 is 24.3 Å². The van der Waals surface area contributed by atoms with Gasteiger partial charge in [-0.2, -0.15) is 0 Å². The van der Waals surface area contributed by atoms with E-state index < -0.39 is 28.3 Å². The molecular weight excluding hydrogens is 491 g/mol. The van der Waals surface area contributed by atoms with E-state index in [1.807, 2.05) is 0 Å². The van der Waals surface area contributed by atoms with Crippen molar-refractivity contribution in [3.8, 4) is 23.0 Å². The number of sulfonamides is 1. The molecule has 1 aliphatic rings. The van der Waals surface area contributed by atoms with Crippen LogP contribution in [0.1, 0.15) is 0 Å². The number of amides is 1. The minimum absolute atomic E-state index is 0.0941. The first-order valence-electron chi connectivity index (χ1n) is 11.1. The number of carbonyl (C=O) groups is 1. The summed E-state index contributed by atoms with van der Waals surface area (Å²) in [5, 5.41) is 2.65. The van der Waals surface area contributed by atoms with Gasteiger partial charge in [-0.25, -0.2) is 12.8 Å². The van der Waals surface area contributed by atoms with Gasteiger partial charge in [-0.1, -0.05) is 12.1 Å². The molecule has 0 aromatic heterocycles. The number of hydrogen-bond donors (Lipinski definition) is 1. The lowest BCUT2D eigenvalue weighted by Crippen LogP contribution is -2.42. The SMILES string of the molecule is COc1ccccc1OCCNC(=O)CN(c1ccc(F)cc1)S(=O)(=O)c1ccc2c(c1)OCCO2. The molecule has 0 radical (unpaired) electrons. The van der Waals surface area contributed by atoms with Gasteiger partial charge >= 0.3 is 0 Å². The first-order chi connectivity index (χ1) is 17.4. The first kappa shape index (κ1) is 25.1. The number of nitrogens with one attached hydrogen (secondary N) is 1. The number of nitrogens with zero attached hydrogens (tertiary/aromatic N) is 1. The molecule has 0 aliphatic carbocycles. The van der Waals surface area contributed by atoms with E-state index in [1.54, 1.807) is 24.3 Å². The Bertz CT molecular complexity index is 1320. The van der Waals surface area contributed by atoms with Crippen molar-refractivity contribution in [3.63, 3.8) is 0 Å². The van der Waals surface area contributed by atoms with Gasteiger partial charge in [-0.15, -0.1) is 0 Å². The predicted octanol–water partition coefficient (Wildman–Crippen LogP) is 3.00. The van der Waals surface area contributed by atoms with Crippen molar-refractivity contribution in [2.75, 3.05) is 44.3 Å². The molecule has 3 aromatic carbocycles. The van der Waals surface area contributed by atoms with Gasteiger partial charge in [0.05, 0.1) is 24.2 Å². The molecule has 1 N–H and O–H groups in total. The molecule has 0 atom stereocenters. The molecule has 0 saturated carbocycles. The number of anilines is 1. The molecule has 0 unspecified atom stereocenters. The summed E-state index contributed by atoms with van der Waals surface area (Å²) in [4.78, 5) is 12.6. The van der Waals surface area contributed by atoms with Crippen LogP contribution < -0.4 is 28.6 Å². The van der Waals surface area contributed by atoms with E-state index in [-0.39, 0.29) is 30.3 Å². The molecule has 1 amide bonds. The van der Waals surface area contributed by atoms with E-state index in [4.69, 9.17) is 18.9 Å². The van der Waals surface area contributed by atoms with Gasteiger partial charge in [0.25, 0.3) is 10.0 Å². The summed E-state index contributed by atoms with van der Waals surface area (Å²) in [6, 6.07) is 16.1. The second-order valence-corrected chi connectivity index (χ2v) is 9.51. The number of rotatable bonds is 10. The third-order valence-corrected chi connectivity index (χ3v) is 7.02. The van der Waals surface area contributed by atoms with Crippen LogP contribution in [-0.2, 0) is 14.8 Å². The number of fused-ring (bicyclic) bond motifs is 1. The van der Waals surface area contributed by atoms with E-state index in [9.17, 15) is 17.6 Å². The summed E-state index contributed by atoms with van der Waals surface area (Å²) in [5.74, 6) is 0.693. The lowest BCUT2D eigenvalue weighted by molar-refractivity contribution is -0.119. The number of methoxy groups -OCH3 is 1. The maximum atomic E-state index is 13.5. The van der Waals surface area contributed by atoms with Gasteiger partial charge in [0.1, 0.15) is 32.2 Å². The van der Waals surface area contributed by atoms with Crippen LogP contribution in [0.4, 0.5) is 10.1 Å². The molecule has 11 heteroatoms. The average Bonchev–Trinajstić information content (AvgIpc) is 2.90. The third-order valence-electron chi connectivity index (χ3n) is 5.25. The van der Waals surface area contributed by atoms with Crippen molar-refractivity contribution in [2.45, 2.75) is 4.90 Å². The van der Waals surface area contributed by atoms with Crippen LogP contribution in [0.25, 0.3) is 0 Å². The van der Waals surface area contributed by atoms with Crippen LogP contribution in [0.15, 0.2) is 71.6 Å². The molecule has 190 valence electrons. The van der Waals surface area contributed by atoms with Crippen LogP contribution in [0, 0.1) is 5.82 Å². The topological polar surface area (TPSA) is 103 Å². The number of para-hydroxylation sites is 2. The summed E-state index contributed by atoms with van der Waals surface area (Å²) in [6.07, 6.45) is 0. The van der Waals surface area contributed by atoms with E-state index in [0.717, 1.165) is 16.4 Å². The van der Waals surface area contributed by atoms with Crippen molar-refractivity contribution in [1.82, 2.24) is 5.32 Å². The van der Waals surface area contributed by atoms with E-state index in [2.05, 4.69) is 5.32 Å². The molecule has 0 saturated heterocycles. The molecule has 1 aliphatic heterocycles. The van der Waals surface area contributed by atoms with Crippen LogP contribution in [-0.4, -0.2) is 54.3 Å². The quantitative estimate of drug-likeness (QED) is 0.413. The minimum Gasteiger partial charge on any atom is -0.493 e. The first-order valence-corrected chi connectivity index (χ1v) is 12.5. The van der Waals surface area contributed by atoms with Gasteiger partial charge in [-0.3, -0.25) is 9.10 Å². The second kappa shape index (κ2) is 11.2. The van der Waals surface area contributed by atoms with Gasteiger partial charge in [0, 0.05) is 6.07 Å². The molecule has 1 heterocycles. The van der Waals surface area contributed by atoms with Crippen LogP contribution in [0.2, 0.25) is 0 Å². The monoisotopic (exact) mass is 516 g/mol. The highest BCUT2D eigenvalue weighted by atomic mass is 32.2. The molecule has 0 fully saturated rings. The summed E-state index contributed by atoms with van der Waals surface area (Å²) < 4.78 is 63.3. The largest absolute Gasteiger partial charge is 0.493 e. The normalized spacial score (nSPS) is 12.5. The average molecular weight is 517 g/mol. The van der Waals surface area contributed by atoms with Gasteiger partial charge in [0.15, 0.2) is 23.0 Å². The van der Waals surface area contributed by atoms with E-state index >= 15 is 0 Å². The highest BCUT2D eigenvalue weighted by molar-refractivity contribution is 7.92. The Labute approximate surface area is 208 Å². The molecule has 3 aromatic rings. The van der Waals surface area contributed by atoms with Crippen molar-refractivity contribution in [2.24, 2.45) is 0 Å². The lowest BCUT2D eigenvalue weighted by Gasteiger charge is -2.25. The molecule has 9 nitrogen and oxygen atoms in total. The molecule has 36 heavy (non-hydrogen) atoms. The molecule has 4 rings (SSSR count). The van der Waals surface area contributed by atoms with Crippen LogP contribution in [0.5, 0.6) is 23.0 Å². The fourth-order valence-electron chi connectivity index (χ4n) is 3.51. The molecular formula is C25H25FN2O7S. The Hall–Kier alpha value is -3.99. The van der Waals surface area contributed by atoms with Crippen molar-refractivity contribution in [1.29, 1.82) is 0 Å². The minimum atomic E-state index is -4.21. The number of halogens is 1. The number of benzene rings is 3. The number of ether oxygens (including phenoxy) is 4. The Balaban J connectivity index is 1.48. The number of carbonyl (C=O) groups excluding carboxylic acids is 1. The van der Waals surface area contributed by atoms with Crippen LogP contribution >= 0.6 is 0 Å². The second-order valence-electron chi connectivity index (χ2n) is 7.64. The zero-order chi connectivity index (χ0) is 25.5. The smallest absolute Gasteiger partial charge is 0.264 e. The Kier molecular flexibility index (Phi) is 7.79. The highest BCUT2D eigenvalue weighted by Crippen LogP contribution is 2.34. The van der Waals surface area contributed by atoms with Crippen LogP contribution in [0.3, 0.4) is 0 Å². The third kappa shape index (κ3) is 5.80. The Morgan fingerprint density at radius 3 is 2.42 bits per heavy atom. The summed E-state index contributed by atoms with van der Waals surface area (Å²) in [7, 11) is -2.69. The number of hydrogen-bond acceptors (Lipinski definition) is 7. The standard InChI is InChI=1S/C25H25FN2O7S/c1-32-21-4-2-3-5-22(21)33-13-12-27-25(29)17-28(19-8-6-18(26)7-9-19)36(30,31)20-10-11-23-24(16-20)35-15-14-34-23/h2-11,16H,12-15,17H2,1H3,(H,27,29). The maximum Gasteiger partial charge on any atom is 0.264 e. The fourth-order valence-corrected chi connectivity index (χ4v) is 4.95. The summed E-state index contributed by atoms with van der Waals surface area (Å²) in [5.41, 5.74) is 0.131. The zero-order valence-corrected chi connectivity index (χ0v) is 20.3. The fraction of sp³-hybridized carbons (Fsp3) is 0.240. The van der Waals surface area contributed by atoms with Crippen molar-refractivity contribution >= 4 is 21.6 Å². The van der Waals surface area contributed by atoms with Crippen molar-refractivity contribution in [3.05, 3.63) is 72.5 Å². The van der Waals surface area contributed by atoms with Gasteiger partial charge in [-0.05, 0) is 48.5 Å². The Morgan fingerprint density at radius 2 is 1.69 bits per heavy atom. The summed E-state index contributed by atoms with van der Waals surface area (Å²) in [6.45, 7) is 0.381. The molecule has 0 spiro atoms. The Morgan fingerprint density at radius 1 is 1.00 bits per heavy atom. The van der Waals surface area contributed by atoms with Gasteiger partial charge in [0.2, 0.25) is 5.91 Å². The highest BCUT2D eigenvalue weighted by Gasteiger charge is 2.29. The zero-order valence-electron chi connectivity index (χ0n) is 19.5. The molecule has 0 bridgehead atoms. The maximum absolute atomic E-state index is 13.5. The summed E-state index contributed by atoms with van der Waals surface area (Å²) >= 11 is 0. The van der Waals surface area contributed by atoms with E-state index in [1.165, 1.54) is 37.4 Å². The predicted molar refractivity (Wildman–Crippen MR) is 130 cm³/mol.